The first-order valence-electron chi connectivity index (χ1n) is 5.38. The number of hydrogen-bond donors (Lipinski definition) is 1. The molecule has 15 heavy (non-hydrogen) atoms. The predicted molar refractivity (Wildman–Crippen MR) is 61.8 cm³/mol. The number of hydrogen-bond acceptors (Lipinski definition) is 2. The number of nitrogens with two attached hydrogens (primary N) is 1. The highest BCUT2D eigenvalue weighted by Crippen LogP contribution is 2.25. The van der Waals surface area contributed by atoms with Gasteiger partial charge in [0.05, 0.1) is 12.7 Å². The Morgan fingerprint density at radius 2 is 2.20 bits per heavy atom. The lowest BCUT2D eigenvalue weighted by Crippen LogP contribution is -2.21. The monoisotopic (exact) mass is 225 g/mol. The Balaban J connectivity index is 1.95. The van der Waals surface area contributed by atoms with Gasteiger partial charge in [0.1, 0.15) is 0 Å². The van der Waals surface area contributed by atoms with Crippen LogP contribution in [0, 0.1) is 0 Å². The number of ether oxygens (including phenoxy) is 1. The molecule has 0 aliphatic heterocycles. The first kappa shape index (κ1) is 10.9. The van der Waals surface area contributed by atoms with Crippen molar-refractivity contribution in [1.82, 2.24) is 0 Å². The molecule has 1 aliphatic carbocycles. The summed E-state index contributed by atoms with van der Waals surface area (Å²) in [6.07, 6.45) is 4.14. The molecule has 82 valence electrons. The quantitative estimate of drug-likeness (QED) is 0.855. The van der Waals surface area contributed by atoms with Gasteiger partial charge in [-0.15, -0.1) is 0 Å². The third-order valence-corrected chi connectivity index (χ3v) is 3.23. The van der Waals surface area contributed by atoms with E-state index >= 15 is 0 Å². The van der Waals surface area contributed by atoms with Crippen molar-refractivity contribution in [2.24, 2.45) is 5.73 Å². The summed E-state index contributed by atoms with van der Waals surface area (Å²) in [6, 6.07) is 5.93. The average Bonchev–Trinajstić information content (AvgIpc) is 2.18. The minimum atomic E-state index is 0.454. The summed E-state index contributed by atoms with van der Waals surface area (Å²) >= 11 is 6.12. The van der Waals surface area contributed by atoms with Crippen LogP contribution in [-0.4, -0.2) is 6.10 Å². The van der Waals surface area contributed by atoms with Crippen LogP contribution in [-0.2, 0) is 17.9 Å². The van der Waals surface area contributed by atoms with E-state index in [0.29, 0.717) is 19.3 Å². The molecule has 0 saturated heterocycles. The molecule has 1 aromatic carbocycles. The Labute approximate surface area is 95.4 Å². The van der Waals surface area contributed by atoms with Gasteiger partial charge in [0.25, 0.3) is 0 Å². The number of halogens is 1. The summed E-state index contributed by atoms with van der Waals surface area (Å²) in [5.74, 6) is 0. The Hall–Kier alpha value is -0.570. The van der Waals surface area contributed by atoms with Gasteiger partial charge in [-0.1, -0.05) is 23.7 Å². The second-order valence-electron chi connectivity index (χ2n) is 3.99. The van der Waals surface area contributed by atoms with Crippen LogP contribution in [0.4, 0.5) is 0 Å². The molecule has 0 bridgehead atoms. The van der Waals surface area contributed by atoms with E-state index < -0.39 is 0 Å². The smallest absolute Gasteiger partial charge is 0.0735 e. The molecule has 1 aromatic rings. The third kappa shape index (κ3) is 2.71. The SMILES string of the molecule is NCc1ccc(COC2CCC2)c(Cl)c1. The lowest BCUT2D eigenvalue weighted by molar-refractivity contribution is -0.00863. The lowest BCUT2D eigenvalue weighted by atomic mass is 9.96. The molecule has 1 saturated carbocycles. The van der Waals surface area contributed by atoms with E-state index in [4.69, 9.17) is 22.1 Å². The number of rotatable bonds is 4. The second-order valence-corrected chi connectivity index (χ2v) is 4.40. The van der Waals surface area contributed by atoms with Crippen LogP contribution in [0.2, 0.25) is 5.02 Å². The molecule has 0 amide bonds. The molecule has 2 nitrogen and oxygen atoms in total. The third-order valence-electron chi connectivity index (χ3n) is 2.88. The molecule has 1 aliphatic rings. The van der Waals surface area contributed by atoms with Crippen molar-refractivity contribution in [2.45, 2.75) is 38.5 Å². The van der Waals surface area contributed by atoms with E-state index in [1.165, 1.54) is 19.3 Å². The van der Waals surface area contributed by atoms with Gasteiger partial charge < -0.3 is 10.5 Å². The summed E-state index contributed by atoms with van der Waals surface area (Å²) in [5.41, 5.74) is 7.65. The van der Waals surface area contributed by atoms with E-state index in [0.717, 1.165) is 16.1 Å². The Kier molecular flexibility index (Phi) is 3.62. The van der Waals surface area contributed by atoms with Crippen molar-refractivity contribution in [2.75, 3.05) is 0 Å². The molecular weight excluding hydrogens is 210 g/mol. The van der Waals surface area contributed by atoms with Crippen LogP contribution in [0.1, 0.15) is 30.4 Å². The Morgan fingerprint density at radius 3 is 2.73 bits per heavy atom. The zero-order chi connectivity index (χ0) is 10.7. The van der Waals surface area contributed by atoms with Crippen molar-refractivity contribution in [1.29, 1.82) is 0 Å². The minimum absolute atomic E-state index is 0.454. The standard InChI is InChI=1S/C12H16ClNO/c13-12-6-9(7-14)4-5-10(12)8-15-11-2-1-3-11/h4-6,11H,1-3,7-8,14H2. The molecule has 2 rings (SSSR count). The molecule has 0 aromatic heterocycles. The molecule has 0 heterocycles. The average molecular weight is 226 g/mol. The van der Waals surface area contributed by atoms with Gasteiger partial charge in [0.2, 0.25) is 0 Å². The van der Waals surface area contributed by atoms with Crippen LogP contribution in [0.25, 0.3) is 0 Å². The van der Waals surface area contributed by atoms with Crippen LogP contribution in [0.3, 0.4) is 0 Å². The van der Waals surface area contributed by atoms with Gasteiger partial charge in [-0.25, -0.2) is 0 Å². The highest BCUT2D eigenvalue weighted by atomic mass is 35.5. The molecule has 2 N–H and O–H groups in total. The molecule has 1 fully saturated rings. The molecular formula is C12H16ClNO. The van der Waals surface area contributed by atoms with Crippen LogP contribution >= 0.6 is 11.6 Å². The van der Waals surface area contributed by atoms with Gasteiger partial charge in [0.15, 0.2) is 0 Å². The molecule has 0 radical (unpaired) electrons. The summed E-state index contributed by atoms with van der Waals surface area (Å²) in [5, 5.41) is 0.761. The van der Waals surface area contributed by atoms with E-state index in [-0.39, 0.29) is 0 Å². The van der Waals surface area contributed by atoms with Crippen molar-refractivity contribution >= 4 is 11.6 Å². The fourth-order valence-electron chi connectivity index (χ4n) is 1.58. The molecule has 3 heteroatoms. The van der Waals surface area contributed by atoms with E-state index in [2.05, 4.69) is 0 Å². The first-order valence-corrected chi connectivity index (χ1v) is 5.76. The summed E-state index contributed by atoms with van der Waals surface area (Å²) < 4.78 is 5.70. The zero-order valence-corrected chi connectivity index (χ0v) is 9.46. The Morgan fingerprint density at radius 1 is 1.40 bits per heavy atom. The maximum Gasteiger partial charge on any atom is 0.0735 e. The van der Waals surface area contributed by atoms with Crippen molar-refractivity contribution in [3.05, 3.63) is 34.3 Å². The maximum atomic E-state index is 6.12. The van der Waals surface area contributed by atoms with Gasteiger partial charge in [-0.3, -0.25) is 0 Å². The zero-order valence-electron chi connectivity index (χ0n) is 8.71. The fraction of sp³-hybridized carbons (Fsp3) is 0.500. The molecule has 0 atom stereocenters. The largest absolute Gasteiger partial charge is 0.373 e. The topological polar surface area (TPSA) is 35.2 Å². The van der Waals surface area contributed by atoms with Crippen LogP contribution in [0.15, 0.2) is 18.2 Å². The van der Waals surface area contributed by atoms with E-state index in [9.17, 15) is 0 Å². The molecule has 0 unspecified atom stereocenters. The summed E-state index contributed by atoms with van der Waals surface area (Å²) in [7, 11) is 0. The van der Waals surface area contributed by atoms with Crippen LogP contribution in [0.5, 0.6) is 0 Å². The van der Waals surface area contributed by atoms with Gasteiger partial charge in [-0.05, 0) is 36.5 Å². The lowest BCUT2D eigenvalue weighted by Gasteiger charge is -2.25. The van der Waals surface area contributed by atoms with E-state index in [1.807, 2.05) is 18.2 Å². The van der Waals surface area contributed by atoms with Crippen molar-refractivity contribution in [3.63, 3.8) is 0 Å². The fourth-order valence-corrected chi connectivity index (χ4v) is 1.84. The van der Waals surface area contributed by atoms with Crippen LogP contribution < -0.4 is 5.73 Å². The van der Waals surface area contributed by atoms with Crippen molar-refractivity contribution < 1.29 is 4.74 Å². The second kappa shape index (κ2) is 4.97. The van der Waals surface area contributed by atoms with Gasteiger partial charge in [0, 0.05) is 11.6 Å². The van der Waals surface area contributed by atoms with Crippen molar-refractivity contribution in [3.8, 4) is 0 Å². The summed E-state index contributed by atoms with van der Waals surface area (Å²) in [6.45, 7) is 1.15. The van der Waals surface area contributed by atoms with E-state index in [1.54, 1.807) is 0 Å². The van der Waals surface area contributed by atoms with Gasteiger partial charge in [-0.2, -0.15) is 0 Å². The normalized spacial score (nSPS) is 16.4. The maximum absolute atomic E-state index is 6.12. The first-order chi connectivity index (χ1) is 7.29. The highest BCUT2D eigenvalue weighted by molar-refractivity contribution is 6.31. The molecule has 0 spiro atoms. The van der Waals surface area contributed by atoms with Gasteiger partial charge >= 0.3 is 0 Å². The minimum Gasteiger partial charge on any atom is -0.373 e. The predicted octanol–water partition coefficient (Wildman–Crippen LogP) is 2.87. The summed E-state index contributed by atoms with van der Waals surface area (Å²) in [4.78, 5) is 0. The number of benzene rings is 1. The Bertz CT molecular complexity index is 336. The highest BCUT2D eigenvalue weighted by Gasteiger charge is 2.18.